The molecule has 1 saturated heterocycles. The third-order valence-electron chi connectivity index (χ3n) is 7.64. The van der Waals surface area contributed by atoms with Gasteiger partial charge in [-0.15, -0.1) is 0 Å². The second kappa shape index (κ2) is 13.1. The average Bonchev–Trinajstić information content (AvgIpc) is 3.60. The number of carbonyl (C=O) groups excluding carboxylic acids is 2. The van der Waals surface area contributed by atoms with E-state index in [4.69, 9.17) is 28.7 Å². The molecule has 0 spiro atoms. The molecule has 1 atom stereocenters. The highest BCUT2D eigenvalue weighted by Crippen LogP contribution is 2.47. The van der Waals surface area contributed by atoms with Crippen LogP contribution in [0.2, 0.25) is 0 Å². The van der Waals surface area contributed by atoms with Crippen molar-refractivity contribution >= 4 is 44.1 Å². The maximum atomic E-state index is 13.8. The van der Waals surface area contributed by atoms with Gasteiger partial charge in [0, 0.05) is 5.56 Å². The number of fused-ring (bicyclic) bond motifs is 2. The molecule has 2 aliphatic heterocycles. The first kappa shape index (κ1) is 30.3. The number of ketones is 1. The Morgan fingerprint density at radius 2 is 1.80 bits per heavy atom. The number of methoxy groups -OCH3 is 1. The van der Waals surface area contributed by atoms with Crippen LogP contribution in [0.15, 0.2) is 60.2 Å². The first-order chi connectivity index (χ1) is 21.9. The smallest absolute Gasteiger partial charge is 0.301 e. The number of hydrogen-bond donors (Lipinski definition) is 1. The van der Waals surface area contributed by atoms with Crippen LogP contribution < -0.4 is 28.6 Å². The lowest BCUT2D eigenvalue weighted by Crippen LogP contribution is -2.29. The molecule has 234 valence electrons. The molecule has 11 heteroatoms. The molecule has 0 radical (unpaired) electrons. The number of benzene rings is 3. The highest BCUT2D eigenvalue weighted by molar-refractivity contribution is 7.22. The maximum Gasteiger partial charge on any atom is 0.301 e. The molecular formula is C34H34N2O8S. The number of ether oxygens (including phenoxy) is 5. The van der Waals surface area contributed by atoms with Gasteiger partial charge in [-0.3, -0.25) is 14.5 Å². The Kier molecular flexibility index (Phi) is 8.79. The number of nitrogens with zero attached hydrogens (tertiary/aromatic N) is 2. The van der Waals surface area contributed by atoms with Crippen LogP contribution in [0.25, 0.3) is 16.0 Å². The summed E-state index contributed by atoms with van der Waals surface area (Å²) in [6.07, 6.45) is 3.02. The molecule has 3 heterocycles. The largest absolute Gasteiger partial charge is 0.507 e. The van der Waals surface area contributed by atoms with E-state index in [9.17, 15) is 14.7 Å². The summed E-state index contributed by atoms with van der Waals surface area (Å²) in [5, 5.41) is 12.0. The van der Waals surface area contributed by atoms with Gasteiger partial charge in [0.05, 0.1) is 42.2 Å². The number of thiazole rings is 1. The Morgan fingerprint density at radius 3 is 2.58 bits per heavy atom. The number of hydrogen-bond acceptors (Lipinski definition) is 10. The normalized spacial score (nSPS) is 17.1. The van der Waals surface area contributed by atoms with Crippen molar-refractivity contribution in [1.29, 1.82) is 0 Å². The number of amides is 1. The van der Waals surface area contributed by atoms with Crippen molar-refractivity contribution < 1.29 is 38.4 Å². The van der Waals surface area contributed by atoms with Crippen LogP contribution in [0, 0.1) is 0 Å². The van der Waals surface area contributed by atoms with Crippen LogP contribution >= 0.6 is 11.3 Å². The van der Waals surface area contributed by atoms with Crippen LogP contribution in [0.1, 0.15) is 50.3 Å². The van der Waals surface area contributed by atoms with Crippen molar-refractivity contribution in [3.05, 3.63) is 71.3 Å². The summed E-state index contributed by atoms with van der Waals surface area (Å²) in [5.41, 5.74) is 1.44. The molecule has 10 nitrogen and oxygen atoms in total. The van der Waals surface area contributed by atoms with Crippen LogP contribution in [-0.2, 0) is 9.59 Å². The van der Waals surface area contributed by atoms with Crippen molar-refractivity contribution in [1.82, 2.24) is 4.98 Å². The summed E-state index contributed by atoms with van der Waals surface area (Å²) in [6, 6.07) is 14.6. The lowest BCUT2D eigenvalue weighted by Gasteiger charge is -2.24. The summed E-state index contributed by atoms with van der Waals surface area (Å²) in [5.74, 6) is 0.697. The molecule has 45 heavy (non-hydrogen) atoms. The zero-order valence-electron chi connectivity index (χ0n) is 25.3. The van der Waals surface area contributed by atoms with E-state index in [-0.39, 0.29) is 11.3 Å². The fourth-order valence-electron chi connectivity index (χ4n) is 5.43. The summed E-state index contributed by atoms with van der Waals surface area (Å²) in [4.78, 5) is 33.7. The SMILES string of the molecule is CCCCCOc1ccc([C@@H]2/C(=C(\O)c3ccc4c(c3)OCCO4)C(=O)C(=O)N2c2nc3ccc(OC)cc3s2)cc1OCC. The Balaban J connectivity index is 1.49. The molecule has 0 unspecified atom stereocenters. The van der Waals surface area contributed by atoms with Crippen molar-refractivity contribution in [3.63, 3.8) is 0 Å². The molecule has 1 aromatic heterocycles. The van der Waals surface area contributed by atoms with E-state index in [1.807, 2.05) is 13.0 Å². The zero-order chi connectivity index (χ0) is 31.5. The zero-order valence-corrected chi connectivity index (χ0v) is 26.1. The summed E-state index contributed by atoms with van der Waals surface area (Å²) in [6.45, 7) is 5.69. The molecule has 1 fully saturated rings. The van der Waals surface area contributed by atoms with Crippen LogP contribution in [0.3, 0.4) is 0 Å². The molecule has 2 aliphatic rings. The number of carbonyl (C=O) groups is 2. The molecule has 1 N–H and O–H groups in total. The van der Waals surface area contributed by atoms with E-state index in [0.29, 0.717) is 77.0 Å². The molecular weight excluding hydrogens is 596 g/mol. The fourth-order valence-corrected chi connectivity index (χ4v) is 6.45. The van der Waals surface area contributed by atoms with Crippen LogP contribution in [-0.4, -0.2) is 55.3 Å². The van der Waals surface area contributed by atoms with Crippen molar-refractivity contribution in [2.45, 2.75) is 39.2 Å². The second-order valence-electron chi connectivity index (χ2n) is 10.6. The molecule has 6 rings (SSSR count). The average molecular weight is 631 g/mol. The third-order valence-corrected chi connectivity index (χ3v) is 8.66. The second-order valence-corrected chi connectivity index (χ2v) is 11.6. The Labute approximate surface area is 264 Å². The van der Waals surface area contributed by atoms with Crippen molar-refractivity contribution in [2.24, 2.45) is 0 Å². The van der Waals surface area contributed by atoms with Gasteiger partial charge in [-0.2, -0.15) is 0 Å². The highest BCUT2D eigenvalue weighted by Gasteiger charge is 2.48. The van der Waals surface area contributed by atoms with Gasteiger partial charge in [0.1, 0.15) is 24.7 Å². The number of aliphatic hydroxyl groups is 1. The Morgan fingerprint density at radius 1 is 0.978 bits per heavy atom. The molecule has 0 bridgehead atoms. The Bertz CT molecular complexity index is 1780. The van der Waals surface area contributed by atoms with Crippen LogP contribution in [0.5, 0.6) is 28.7 Å². The standard InChI is InChI=1S/C34H34N2O8S/c1-4-6-7-14-42-24-12-8-20(17-26(24)41-5-2)30-29(31(37)21-9-13-25-27(18-21)44-16-15-43-25)32(38)33(39)36(30)34-35-23-11-10-22(40-3)19-28(23)45-34/h8-13,17-19,30,37H,4-7,14-16H2,1-3H3/b31-29+/t30-/m1/s1. The van der Waals surface area contributed by atoms with E-state index in [1.165, 1.54) is 16.2 Å². The Hall–Kier alpha value is -4.77. The maximum absolute atomic E-state index is 13.8. The van der Waals surface area contributed by atoms with Gasteiger partial charge >= 0.3 is 5.91 Å². The van der Waals surface area contributed by atoms with Gasteiger partial charge in [0.15, 0.2) is 28.1 Å². The van der Waals surface area contributed by atoms with E-state index >= 15 is 0 Å². The molecule has 3 aromatic carbocycles. The first-order valence-corrected chi connectivity index (χ1v) is 15.8. The number of rotatable bonds is 11. The third kappa shape index (κ3) is 5.87. The van der Waals surface area contributed by atoms with Gasteiger partial charge in [-0.05, 0) is 67.4 Å². The summed E-state index contributed by atoms with van der Waals surface area (Å²) < 4.78 is 29.5. The number of aliphatic hydroxyl groups excluding tert-OH is 1. The minimum atomic E-state index is -1.01. The molecule has 0 saturated carbocycles. The van der Waals surface area contributed by atoms with Gasteiger partial charge in [-0.1, -0.05) is 37.2 Å². The van der Waals surface area contributed by atoms with Crippen molar-refractivity contribution in [3.8, 4) is 28.7 Å². The molecule has 1 amide bonds. The number of unbranched alkanes of at least 4 members (excludes halogenated alkanes) is 2. The lowest BCUT2D eigenvalue weighted by molar-refractivity contribution is -0.132. The minimum absolute atomic E-state index is 0.0763. The predicted octanol–water partition coefficient (Wildman–Crippen LogP) is 6.67. The van der Waals surface area contributed by atoms with Gasteiger partial charge in [0.2, 0.25) is 0 Å². The monoisotopic (exact) mass is 630 g/mol. The number of aromatic nitrogens is 1. The first-order valence-electron chi connectivity index (χ1n) is 15.0. The lowest BCUT2D eigenvalue weighted by atomic mass is 9.95. The minimum Gasteiger partial charge on any atom is -0.507 e. The van der Waals surface area contributed by atoms with Gasteiger partial charge in [0.25, 0.3) is 5.78 Å². The molecule has 0 aliphatic carbocycles. The predicted molar refractivity (Wildman–Crippen MR) is 171 cm³/mol. The number of Topliss-reactive ketones (excluding diaryl/α,β-unsaturated/α-hetero) is 1. The van der Waals surface area contributed by atoms with Gasteiger partial charge < -0.3 is 28.8 Å². The fraction of sp³-hybridized carbons (Fsp3) is 0.324. The summed E-state index contributed by atoms with van der Waals surface area (Å²) >= 11 is 1.25. The topological polar surface area (TPSA) is 117 Å². The van der Waals surface area contributed by atoms with Crippen LogP contribution in [0.4, 0.5) is 5.13 Å². The van der Waals surface area contributed by atoms with E-state index in [0.717, 1.165) is 24.0 Å². The van der Waals surface area contributed by atoms with Gasteiger partial charge in [-0.25, -0.2) is 4.98 Å². The highest BCUT2D eigenvalue weighted by atomic mass is 32.1. The van der Waals surface area contributed by atoms with E-state index < -0.39 is 17.7 Å². The quantitative estimate of drug-likeness (QED) is 0.0839. The summed E-state index contributed by atoms with van der Waals surface area (Å²) in [7, 11) is 1.58. The number of anilines is 1. The van der Waals surface area contributed by atoms with Crippen molar-refractivity contribution in [2.75, 3.05) is 38.4 Å². The van der Waals surface area contributed by atoms with E-state index in [2.05, 4.69) is 6.92 Å². The molecule has 4 aromatic rings. The van der Waals surface area contributed by atoms with E-state index in [1.54, 1.807) is 55.6 Å².